The second kappa shape index (κ2) is 8.13. The molecule has 122 valence electrons. The number of hydrogen-bond donors (Lipinski definition) is 1. The lowest BCUT2D eigenvalue weighted by Crippen LogP contribution is -2.52. The third-order valence-electron chi connectivity index (χ3n) is 3.95. The third kappa shape index (κ3) is 5.30. The Morgan fingerprint density at radius 1 is 1.18 bits per heavy atom. The van der Waals surface area contributed by atoms with E-state index in [9.17, 15) is 9.18 Å². The van der Waals surface area contributed by atoms with Gasteiger partial charge in [-0.1, -0.05) is 26.0 Å². The molecular formula is C17H26FN3O. The van der Waals surface area contributed by atoms with Crippen molar-refractivity contribution < 1.29 is 9.18 Å². The molecule has 1 saturated heterocycles. The van der Waals surface area contributed by atoms with E-state index in [1.54, 1.807) is 0 Å². The fourth-order valence-electron chi connectivity index (χ4n) is 2.52. The van der Waals surface area contributed by atoms with Crippen molar-refractivity contribution >= 4 is 6.03 Å². The fourth-order valence-corrected chi connectivity index (χ4v) is 2.52. The second-order valence-electron chi connectivity index (χ2n) is 6.29. The number of halogens is 1. The largest absolute Gasteiger partial charge is 0.338 e. The number of rotatable bonds is 5. The summed E-state index contributed by atoms with van der Waals surface area (Å²) < 4.78 is 12.9. The number of hydrogen-bond acceptors (Lipinski definition) is 2. The molecule has 5 heteroatoms. The third-order valence-corrected chi connectivity index (χ3v) is 3.95. The minimum Gasteiger partial charge on any atom is -0.338 e. The molecule has 1 fully saturated rings. The molecule has 0 aromatic heterocycles. The zero-order chi connectivity index (χ0) is 15.9. The van der Waals surface area contributed by atoms with Gasteiger partial charge in [0.15, 0.2) is 0 Å². The maximum atomic E-state index is 12.9. The maximum Gasteiger partial charge on any atom is 0.317 e. The highest BCUT2D eigenvalue weighted by Gasteiger charge is 2.20. The van der Waals surface area contributed by atoms with E-state index in [4.69, 9.17) is 0 Å². The zero-order valence-electron chi connectivity index (χ0n) is 13.5. The molecule has 1 aromatic carbocycles. The number of carbonyl (C=O) groups excluding carboxylic acids is 1. The van der Waals surface area contributed by atoms with Crippen LogP contribution in [-0.2, 0) is 6.42 Å². The summed E-state index contributed by atoms with van der Waals surface area (Å²) in [7, 11) is 0. The second-order valence-corrected chi connectivity index (χ2v) is 6.29. The highest BCUT2D eigenvalue weighted by Crippen LogP contribution is 2.07. The number of amides is 2. The number of nitrogens with zero attached hydrogens (tertiary/aromatic N) is 2. The van der Waals surface area contributed by atoms with E-state index in [2.05, 4.69) is 24.1 Å². The summed E-state index contributed by atoms with van der Waals surface area (Å²) in [5.41, 5.74) is 1.15. The van der Waals surface area contributed by atoms with Gasteiger partial charge in [0, 0.05) is 39.3 Å². The summed E-state index contributed by atoms with van der Waals surface area (Å²) in [5, 5.41) is 2.96. The molecule has 0 saturated carbocycles. The van der Waals surface area contributed by atoms with Crippen LogP contribution in [0.25, 0.3) is 0 Å². The van der Waals surface area contributed by atoms with Gasteiger partial charge in [-0.2, -0.15) is 0 Å². The summed E-state index contributed by atoms with van der Waals surface area (Å²) in [6, 6.07) is 6.74. The number of urea groups is 1. The molecular weight excluding hydrogens is 281 g/mol. The molecule has 0 spiro atoms. The molecule has 1 aromatic rings. The van der Waals surface area contributed by atoms with Gasteiger partial charge in [-0.25, -0.2) is 9.18 Å². The Balaban J connectivity index is 1.68. The van der Waals surface area contributed by atoms with E-state index in [1.807, 2.05) is 17.0 Å². The molecule has 1 N–H and O–H groups in total. The smallest absolute Gasteiger partial charge is 0.317 e. The van der Waals surface area contributed by atoms with Gasteiger partial charge in [0.25, 0.3) is 0 Å². The van der Waals surface area contributed by atoms with E-state index in [0.29, 0.717) is 5.92 Å². The first kappa shape index (κ1) is 16.7. The van der Waals surface area contributed by atoms with Crippen molar-refractivity contribution in [2.24, 2.45) is 5.92 Å². The van der Waals surface area contributed by atoms with Crippen LogP contribution in [0.5, 0.6) is 0 Å². The Morgan fingerprint density at radius 3 is 2.41 bits per heavy atom. The normalized spacial score (nSPS) is 16.1. The topological polar surface area (TPSA) is 35.6 Å². The van der Waals surface area contributed by atoms with Crippen LogP contribution in [-0.4, -0.2) is 55.1 Å². The molecule has 2 amide bonds. The highest BCUT2D eigenvalue weighted by atomic mass is 19.1. The SMILES string of the molecule is CC(C)CNC(=O)N1CCN(CCc2ccc(F)cc2)CC1. The minimum absolute atomic E-state index is 0.0480. The van der Waals surface area contributed by atoms with E-state index in [-0.39, 0.29) is 11.8 Å². The van der Waals surface area contributed by atoms with Gasteiger partial charge in [-0.05, 0) is 30.0 Å². The summed E-state index contributed by atoms with van der Waals surface area (Å²) in [4.78, 5) is 16.2. The van der Waals surface area contributed by atoms with Crippen LogP contribution in [0.1, 0.15) is 19.4 Å². The molecule has 2 rings (SSSR count). The lowest BCUT2D eigenvalue weighted by Gasteiger charge is -2.34. The van der Waals surface area contributed by atoms with Crippen LogP contribution in [0, 0.1) is 11.7 Å². The summed E-state index contributed by atoms with van der Waals surface area (Å²) in [6.07, 6.45) is 0.916. The van der Waals surface area contributed by atoms with Gasteiger partial charge in [0.2, 0.25) is 0 Å². The molecule has 0 unspecified atom stereocenters. The van der Waals surface area contributed by atoms with E-state index in [0.717, 1.165) is 51.3 Å². The Labute approximate surface area is 132 Å². The maximum absolute atomic E-state index is 12.9. The van der Waals surface area contributed by atoms with E-state index < -0.39 is 0 Å². The monoisotopic (exact) mass is 307 g/mol. The molecule has 22 heavy (non-hydrogen) atoms. The number of benzene rings is 1. The molecule has 0 bridgehead atoms. The Bertz CT molecular complexity index is 467. The van der Waals surface area contributed by atoms with E-state index >= 15 is 0 Å². The number of carbonyl (C=O) groups is 1. The molecule has 1 heterocycles. The summed E-state index contributed by atoms with van der Waals surface area (Å²) in [5.74, 6) is 0.283. The van der Waals surface area contributed by atoms with Crippen molar-refractivity contribution in [3.8, 4) is 0 Å². The minimum atomic E-state index is -0.190. The number of piperazine rings is 1. The molecule has 0 radical (unpaired) electrons. The predicted octanol–water partition coefficient (Wildman–Crippen LogP) is 2.35. The van der Waals surface area contributed by atoms with Crippen molar-refractivity contribution in [3.05, 3.63) is 35.6 Å². The van der Waals surface area contributed by atoms with Gasteiger partial charge < -0.3 is 10.2 Å². The van der Waals surface area contributed by atoms with Crippen molar-refractivity contribution in [3.63, 3.8) is 0 Å². The van der Waals surface area contributed by atoms with Crippen molar-refractivity contribution in [2.45, 2.75) is 20.3 Å². The molecule has 1 aliphatic rings. The van der Waals surface area contributed by atoms with Gasteiger partial charge in [0.1, 0.15) is 5.82 Å². The van der Waals surface area contributed by atoms with Crippen molar-refractivity contribution in [2.75, 3.05) is 39.3 Å². The van der Waals surface area contributed by atoms with Crippen LogP contribution >= 0.6 is 0 Å². The average molecular weight is 307 g/mol. The Morgan fingerprint density at radius 2 is 1.82 bits per heavy atom. The molecule has 0 aliphatic carbocycles. The van der Waals surface area contributed by atoms with Crippen LogP contribution in [0.4, 0.5) is 9.18 Å². The van der Waals surface area contributed by atoms with Crippen LogP contribution in [0.3, 0.4) is 0 Å². The first-order valence-corrected chi connectivity index (χ1v) is 8.04. The summed E-state index contributed by atoms with van der Waals surface area (Å²) in [6.45, 7) is 9.20. The first-order chi connectivity index (χ1) is 10.5. The van der Waals surface area contributed by atoms with Crippen LogP contribution < -0.4 is 5.32 Å². The summed E-state index contributed by atoms with van der Waals surface area (Å²) >= 11 is 0. The molecule has 1 aliphatic heterocycles. The fraction of sp³-hybridized carbons (Fsp3) is 0.588. The number of nitrogens with one attached hydrogen (secondary N) is 1. The van der Waals surface area contributed by atoms with Crippen LogP contribution in [0.15, 0.2) is 24.3 Å². The van der Waals surface area contributed by atoms with Crippen LogP contribution in [0.2, 0.25) is 0 Å². The van der Waals surface area contributed by atoms with E-state index in [1.165, 1.54) is 12.1 Å². The first-order valence-electron chi connectivity index (χ1n) is 8.04. The molecule has 4 nitrogen and oxygen atoms in total. The van der Waals surface area contributed by atoms with Gasteiger partial charge in [-0.3, -0.25) is 4.90 Å². The standard InChI is InChI=1S/C17H26FN3O/c1-14(2)13-19-17(22)21-11-9-20(10-12-21)8-7-15-3-5-16(18)6-4-15/h3-6,14H,7-13H2,1-2H3,(H,19,22). The zero-order valence-corrected chi connectivity index (χ0v) is 13.5. The Kier molecular flexibility index (Phi) is 6.19. The van der Waals surface area contributed by atoms with Crippen molar-refractivity contribution in [1.29, 1.82) is 0 Å². The van der Waals surface area contributed by atoms with Gasteiger partial charge in [-0.15, -0.1) is 0 Å². The Hall–Kier alpha value is -1.62. The highest BCUT2D eigenvalue weighted by molar-refractivity contribution is 5.74. The lowest BCUT2D eigenvalue weighted by molar-refractivity contribution is 0.139. The van der Waals surface area contributed by atoms with Gasteiger partial charge >= 0.3 is 6.03 Å². The van der Waals surface area contributed by atoms with Crippen molar-refractivity contribution in [1.82, 2.24) is 15.1 Å². The lowest BCUT2D eigenvalue weighted by atomic mass is 10.1. The predicted molar refractivity (Wildman–Crippen MR) is 86.4 cm³/mol. The quantitative estimate of drug-likeness (QED) is 0.906. The van der Waals surface area contributed by atoms with Gasteiger partial charge in [0.05, 0.1) is 0 Å². The molecule has 0 atom stereocenters. The average Bonchev–Trinajstić information content (AvgIpc) is 2.52.